The molecule has 0 saturated heterocycles. The SMILES string of the molecule is CCOc1ccc(CC(=O)NCCn2ccc(-c3ccccn3)n2)cc1. The standard InChI is InChI=1S/C20H22N4O2/c1-2-26-17-8-6-16(7-9-17)15-20(25)22-12-14-24-13-10-19(23-24)18-5-3-4-11-21-18/h3-11,13H,2,12,14-15H2,1H3,(H,22,25). The van der Waals surface area contributed by atoms with Crippen LogP contribution >= 0.6 is 0 Å². The molecule has 3 rings (SSSR count). The molecule has 0 bridgehead atoms. The smallest absolute Gasteiger partial charge is 0.224 e. The Hall–Kier alpha value is -3.15. The molecule has 26 heavy (non-hydrogen) atoms. The van der Waals surface area contributed by atoms with Gasteiger partial charge in [-0.25, -0.2) is 0 Å². The zero-order valence-electron chi connectivity index (χ0n) is 14.8. The van der Waals surface area contributed by atoms with Gasteiger partial charge in [0.15, 0.2) is 0 Å². The van der Waals surface area contributed by atoms with E-state index in [2.05, 4.69) is 15.4 Å². The van der Waals surface area contributed by atoms with Gasteiger partial charge >= 0.3 is 0 Å². The van der Waals surface area contributed by atoms with Crippen molar-refractivity contribution in [3.63, 3.8) is 0 Å². The van der Waals surface area contributed by atoms with E-state index in [1.807, 2.05) is 61.7 Å². The van der Waals surface area contributed by atoms with Crippen molar-refractivity contribution in [1.29, 1.82) is 0 Å². The highest BCUT2D eigenvalue weighted by Crippen LogP contribution is 2.13. The molecule has 1 aromatic carbocycles. The third-order valence-electron chi connectivity index (χ3n) is 3.83. The van der Waals surface area contributed by atoms with Crippen LogP contribution in [0.4, 0.5) is 0 Å². The summed E-state index contributed by atoms with van der Waals surface area (Å²) >= 11 is 0. The molecule has 1 N–H and O–H groups in total. The number of hydrogen-bond acceptors (Lipinski definition) is 4. The third kappa shape index (κ3) is 4.92. The highest BCUT2D eigenvalue weighted by atomic mass is 16.5. The van der Waals surface area contributed by atoms with E-state index in [0.29, 0.717) is 26.1 Å². The molecule has 0 spiro atoms. The number of aromatic nitrogens is 3. The van der Waals surface area contributed by atoms with Gasteiger partial charge in [0, 0.05) is 18.9 Å². The fraction of sp³-hybridized carbons (Fsp3) is 0.250. The first-order valence-electron chi connectivity index (χ1n) is 8.68. The van der Waals surface area contributed by atoms with Gasteiger partial charge in [0.25, 0.3) is 0 Å². The minimum atomic E-state index is -0.00809. The van der Waals surface area contributed by atoms with Gasteiger partial charge in [-0.1, -0.05) is 18.2 Å². The first-order valence-corrected chi connectivity index (χ1v) is 8.68. The fourth-order valence-electron chi connectivity index (χ4n) is 2.57. The van der Waals surface area contributed by atoms with Crippen molar-refractivity contribution in [3.05, 3.63) is 66.5 Å². The molecule has 1 amide bonds. The Kier molecular flexibility index (Phi) is 5.98. The van der Waals surface area contributed by atoms with Crippen LogP contribution in [0, 0.1) is 0 Å². The van der Waals surface area contributed by atoms with Crippen LogP contribution in [0.3, 0.4) is 0 Å². The number of amides is 1. The highest BCUT2D eigenvalue weighted by Gasteiger charge is 2.05. The van der Waals surface area contributed by atoms with Gasteiger partial charge in [-0.3, -0.25) is 14.5 Å². The molecule has 0 aliphatic heterocycles. The van der Waals surface area contributed by atoms with Crippen LogP contribution in [0.15, 0.2) is 60.9 Å². The van der Waals surface area contributed by atoms with Crippen LogP contribution in [-0.2, 0) is 17.8 Å². The van der Waals surface area contributed by atoms with E-state index in [1.54, 1.807) is 10.9 Å². The number of nitrogens with zero attached hydrogens (tertiary/aromatic N) is 3. The predicted molar refractivity (Wildman–Crippen MR) is 99.8 cm³/mol. The summed E-state index contributed by atoms with van der Waals surface area (Å²) in [6.07, 6.45) is 3.99. The number of benzene rings is 1. The molecule has 0 radical (unpaired) electrons. The third-order valence-corrected chi connectivity index (χ3v) is 3.83. The second-order valence-corrected chi connectivity index (χ2v) is 5.78. The number of nitrogens with one attached hydrogen (secondary N) is 1. The summed E-state index contributed by atoms with van der Waals surface area (Å²) in [6.45, 7) is 3.72. The maximum Gasteiger partial charge on any atom is 0.224 e. The lowest BCUT2D eigenvalue weighted by Crippen LogP contribution is -2.28. The van der Waals surface area contributed by atoms with Gasteiger partial charge in [-0.05, 0) is 42.8 Å². The Labute approximate surface area is 152 Å². The van der Waals surface area contributed by atoms with Crippen LogP contribution in [0.1, 0.15) is 12.5 Å². The molecule has 0 atom stereocenters. The topological polar surface area (TPSA) is 69.0 Å². The van der Waals surface area contributed by atoms with Crippen LogP contribution in [-0.4, -0.2) is 33.8 Å². The largest absolute Gasteiger partial charge is 0.494 e. The summed E-state index contributed by atoms with van der Waals surface area (Å²) in [4.78, 5) is 16.3. The van der Waals surface area contributed by atoms with Gasteiger partial charge in [0.05, 0.1) is 25.3 Å². The Balaban J connectivity index is 1.44. The Morgan fingerprint density at radius 3 is 2.69 bits per heavy atom. The van der Waals surface area contributed by atoms with Crippen molar-refractivity contribution in [1.82, 2.24) is 20.1 Å². The molecule has 0 saturated carbocycles. The van der Waals surface area contributed by atoms with Crippen LogP contribution in [0.5, 0.6) is 5.75 Å². The van der Waals surface area contributed by atoms with E-state index in [0.717, 1.165) is 22.7 Å². The lowest BCUT2D eigenvalue weighted by Gasteiger charge is -2.07. The van der Waals surface area contributed by atoms with E-state index < -0.39 is 0 Å². The second-order valence-electron chi connectivity index (χ2n) is 5.78. The molecule has 3 aromatic rings. The van der Waals surface area contributed by atoms with E-state index in [-0.39, 0.29) is 5.91 Å². The summed E-state index contributed by atoms with van der Waals surface area (Å²) < 4.78 is 7.21. The summed E-state index contributed by atoms with van der Waals surface area (Å²) in [5.74, 6) is 0.810. The summed E-state index contributed by atoms with van der Waals surface area (Å²) in [7, 11) is 0. The van der Waals surface area contributed by atoms with Gasteiger partial charge in [0.1, 0.15) is 11.4 Å². The molecular formula is C20H22N4O2. The molecule has 0 fully saturated rings. The minimum Gasteiger partial charge on any atom is -0.494 e. The zero-order chi connectivity index (χ0) is 18.2. The Bertz CT molecular complexity index is 829. The quantitative estimate of drug-likeness (QED) is 0.678. The van der Waals surface area contributed by atoms with Crippen molar-refractivity contribution in [3.8, 4) is 17.1 Å². The number of carbonyl (C=O) groups is 1. The summed E-state index contributed by atoms with van der Waals surface area (Å²) in [6, 6.07) is 15.2. The predicted octanol–water partition coefficient (Wildman–Crippen LogP) is 2.70. The van der Waals surface area contributed by atoms with E-state index in [1.165, 1.54) is 0 Å². The highest BCUT2D eigenvalue weighted by molar-refractivity contribution is 5.78. The van der Waals surface area contributed by atoms with Gasteiger partial charge in [0.2, 0.25) is 5.91 Å². The lowest BCUT2D eigenvalue weighted by molar-refractivity contribution is -0.120. The van der Waals surface area contributed by atoms with Crippen LogP contribution in [0.25, 0.3) is 11.4 Å². The number of pyridine rings is 1. The van der Waals surface area contributed by atoms with E-state index in [9.17, 15) is 4.79 Å². The Morgan fingerprint density at radius 1 is 1.12 bits per heavy atom. The number of ether oxygens (including phenoxy) is 1. The van der Waals surface area contributed by atoms with E-state index in [4.69, 9.17) is 4.74 Å². The molecular weight excluding hydrogens is 328 g/mol. The molecule has 0 aliphatic rings. The number of rotatable bonds is 8. The fourth-order valence-corrected chi connectivity index (χ4v) is 2.57. The van der Waals surface area contributed by atoms with Crippen LogP contribution < -0.4 is 10.1 Å². The molecule has 6 heteroatoms. The van der Waals surface area contributed by atoms with Crippen molar-refractivity contribution < 1.29 is 9.53 Å². The van der Waals surface area contributed by atoms with Gasteiger partial charge in [-0.2, -0.15) is 5.10 Å². The van der Waals surface area contributed by atoms with Gasteiger partial charge in [-0.15, -0.1) is 0 Å². The van der Waals surface area contributed by atoms with E-state index >= 15 is 0 Å². The van der Waals surface area contributed by atoms with Crippen molar-refractivity contribution in [2.75, 3.05) is 13.2 Å². The number of carbonyl (C=O) groups excluding carboxylic acids is 1. The maximum absolute atomic E-state index is 12.1. The molecule has 6 nitrogen and oxygen atoms in total. The average Bonchev–Trinajstić information content (AvgIpc) is 3.13. The molecule has 2 aromatic heterocycles. The molecule has 2 heterocycles. The molecule has 0 unspecified atom stereocenters. The maximum atomic E-state index is 12.1. The Morgan fingerprint density at radius 2 is 1.96 bits per heavy atom. The normalized spacial score (nSPS) is 10.5. The molecule has 134 valence electrons. The van der Waals surface area contributed by atoms with Gasteiger partial charge < -0.3 is 10.1 Å². The first kappa shape index (κ1) is 17.7. The molecule has 0 aliphatic carbocycles. The monoisotopic (exact) mass is 350 g/mol. The average molecular weight is 350 g/mol. The first-order chi connectivity index (χ1) is 12.7. The minimum absolute atomic E-state index is 0.00809. The summed E-state index contributed by atoms with van der Waals surface area (Å²) in [5, 5.41) is 7.40. The zero-order valence-corrected chi connectivity index (χ0v) is 14.8. The van der Waals surface area contributed by atoms with Crippen molar-refractivity contribution in [2.45, 2.75) is 19.9 Å². The second kappa shape index (κ2) is 8.80. The number of hydrogen-bond donors (Lipinski definition) is 1. The summed E-state index contributed by atoms with van der Waals surface area (Å²) in [5.41, 5.74) is 2.62. The lowest BCUT2D eigenvalue weighted by atomic mass is 10.1. The van der Waals surface area contributed by atoms with Crippen molar-refractivity contribution in [2.24, 2.45) is 0 Å². The van der Waals surface area contributed by atoms with Crippen molar-refractivity contribution >= 4 is 5.91 Å². The van der Waals surface area contributed by atoms with Crippen LogP contribution in [0.2, 0.25) is 0 Å².